The highest BCUT2D eigenvalue weighted by atomic mass is 32.1. The van der Waals surface area contributed by atoms with Gasteiger partial charge in [0.2, 0.25) is 0 Å². The summed E-state index contributed by atoms with van der Waals surface area (Å²) in [6, 6.07) is 0. The molecule has 1 aromatic rings. The summed E-state index contributed by atoms with van der Waals surface area (Å²) in [5, 5.41) is 5.71. The quantitative estimate of drug-likeness (QED) is 0.800. The minimum absolute atomic E-state index is 0.958. The van der Waals surface area contributed by atoms with Gasteiger partial charge in [-0.3, -0.25) is 0 Å². The Morgan fingerprint density at radius 3 is 2.60 bits per heavy atom. The van der Waals surface area contributed by atoms with Gasteiger partial charge in [-0.05, 0) is 50.0 Å². The van der Waals surface area contributed by atoms with E-state index in [0.717, 1.165) is 24.3 Å². The molecule has 2 aliphatic carbocycles. The van der Waals surface area contributed by atoms with Crippen molar-refractivity contribution in [2.45, 2.75) is 32.2 Å². The lowest BCUT2D eigenvalue weighted by atomic mass is 9.98. The Kier molecular flexibility index (Phi) is 2.76. The van der Waals surface area contributed by atoms with Gasteiger partial charge in [-0.25, -0.2) is 4.98 Å². The molecule has 15 heavy (non-hydrogen) atoms. The molecule has 3 rings (SSSR count). The van der Waals surface area contributed by atoms with Crippen molar-refractivity contribution in [2.24, 2.45) is 17.8 Å². The van der Waals surface area contributed by atoms with Crippen LogP contribution in [-0.4, -0.2) is 11.5 Å². The molecule has 0 unspecified atom stereocenters. The number of hydrogen-bond donors (Lipinski definition) is 1. The van der Waals surface area contributed by atoms with Crippen LogP contribution in [0.4, 0.5) is 0 Å². The standard InChI is InChI=1S/C12H18N2S/c1-2-9(1)12(10-3-4-10)6-13-5-11-7-15-8-14-11/h7-10,12-13H,1-6H2. The van der Waals surface area contributed by atoms with Gasteiger partial charge in [0, 0.05) is 11.9 Å². The van der Waals surface area contributed by atoms with E-state index in [1.54, 1.807) is 11.3 Å². The van der Waals surface area contributed by atoms with Crippen molar-refractivity contribution >= 4 is 11.3 Å². The van der Waals surface area contributed by atoms with Gasteiger partial charge in [0.05, 0.1) is 11.2 Å². The minimum Gasteiger partial charge on any atom is -0.311 e. The van der Waals surface area contributed by atoms with Crippen molar-refractivity contribution in [2.75, 3.05) is 6.54 Å². The molecule has 1 N–H and O–H groups in total. The lowest BCUT2D eigenvalue weighted by molar-refractivity contribution is 0.378. The maximum absolute atomic E-state index is 4.29. The summed E-state index contributed by atoms with van der Waals surface area (Å²) in [6.07, 6.45) is 5.94. The number of rotatable bonds is 6. The monoisotopic (exact) mass is 222 g/mol. The summed E-state index contributed by atoms with van der Waals surface area (Å²) in [4.78, 5) is 4.29. The van der Waals surface area contributed by atoms with Crippen molar-refractivity contribution in [3.63, 3.8) is 0 Å². The summed E-state index contributed by atoms with van der Waals surface area (Å²) in [5.74, 6) is 3.09. The molecular weight excluding hydrogens is 204 g/mol. The van der Waals surface area contributed by atoms with E-state index in [9.17, 15) is 0 Å². The van der Waals surface area contributed by atoms with Crippen LogP contribution in [0.15, 0.2) is 10.9 Å². The lowest BCUT2D eigenvalue weighted by Crippen LogP contribution is -2.25. The SMILES string of the molecule is c1nc(CNCC(C2CC2)C2CC2)cs1. The van der Waals surface area contributed by atoms with E-state index in [0.29, 0.717) is 0 Å². The molecular formula is C12H18N2S. The van der Waals surface area contributed by atoms with E-state index in [1.807, 2.05) is 5.51 Å². The van der Waals surface area contributed by atoms with E-state index in [1.165, 1.54) is 37.9 Å². The Balaban J connectivity index is 1.44. The zero-order valence-corrected chi connectivity index (χ0v) is 9.80. The summed E-state index contributed by atoms with van der Waals surface area (Å²) < 4.78 is 0. The third-order valence-electron chi connectivity index (χ3n) is 3.62. The second-order valence-corrected chi connectivity index (χ2v) is 5.67. The second-order valence-electron chi connectivity index (χ2n) is 4.95. The van der Waals surface area contributed by atoms with Crippen LogP contribution in [0, 0.1) is 17.8 Å². The molecule has 0 amide bonds. The average Bonchev–Trinajstić information content (AvgIpc) is 3.15. The molecule has 82 valence electrons. The molecule has 1 heterocycles. The van der Waals surface area contributed by atoms with E-state index < -0.39 is 0 Å². The Morgan fingerprint density at radius 1 is 1.33 bits per heavy atom. The highest BCUT2D eigenvalue weighted by Gasteiger charge is 2.40. The van der Waals surface area contributed by atoms with Crippen LogP contribution in [0.25, 0.3) is 0 Å². The van der Waals surface area contributed by atoms with Crippen LogP contribution < -0.4 is 5.32 Å². The Hall–Kier alpha value is -0.410. The Labute approximate surface area is 95.1 Å². The number of nitrogens with zero attached hydrogens (tertiary/aromatic N) is 1. The van der Waals surface area contributed by atoms with Gasteiger partial charge < -0.3 is 5.32 Å². The fourth-order valence-corrected chi connectivity index (χ4v) is 3.02. The van der Waals surface area contributed by atoms with Crippen molar-refractivity contribution in [1.82, 2.24) is 10.3 Å². The van der Waals surface area contributed by atoms with Gasteiger partial charge in [0.25, 0.3) is 0 Å². The minimum atomic E-state index is 0.958. The van der Waals surface area contributed by atoms with Crippen LogP contribution in [0.2, 0.25) is 0 Å². The van der Waals surface area contributed by atoms with Gasteiger partial charge in [-0.15, -0.1) is 11.3 Å². The molecule has 3 heteroatoms. The fourth-order valence-electron chi connectivity index (χ4n) is 2.46. The molecule has 2 aliphatic rings. The molecule has 2 nitrogen and oxygen atoms in total. The number of aromatic nitrogens is 1. The van der Waals surface area contributed by atoms with Crippen molar-refractivity contribution < 1.29 is 0 Å². The lowest BCUT2D eigenvalue weighted by Gasteiger charge is -2.15. The third kappa shape index (κ3) is 2.58. The molecule has 0 bridgehead atoms. The molecule has 0 saturated heterocycles. The van der Waals surface area contributed by atoms with Crippen LogP contribution in [-0.2, 0) is 6.54 Å². The maximum atomic E-state index is 4.29. The van der Waals surface area contributed by atoms with E-state index in [-0.39, 0.29) is 0 Å². The summed E-state index contributed by atoms with van der Waals surface area (Å²) >= 11 is 1.68. The molecule has 1 aromatic heterocycles. The largest absolute Gasteiger partial charge is 0.311 e. The summed E-state index contributed by atoms with van der Waals surface area (Å²) in [6.45, 7) is 2.17. The molecule has 0 aliphatic heterocycles. The van der Waals surface area contributed by atoms with E-state index in [4.69, 9.17) is 0 Å². The summed E-state index contributed by atoms with van der Waals surface area (Å²) in [7, 11) is 0. The highest BCUT2D eigenvalue weighted by molar-refractivity contribution is 7.07. The van der Waals surface area contributed by atoms with Gasteiger partial charge >= 0.3 is 0 Å². The molecule has 0 aromatic carbocycles. The Bertz CT molecular complexity index is 289. The maximum Gasteiger partial charge on any atom is 0.0795 e. The van der Waals surface area contributed by atoms with Gasteiger partial charge in [0.1, 0.15) is 0 Å². The van der Waals surface area contributed by atoms with Crippen molar-refractivity contribution in [3.05, 3.63) is 16.6 Å². The van der Waals surface area contributed by atoms with E-state index in [2.05, 4.69) is 15.7 Å². The van der Waals surface area contributed by atoms with Crippen LogP contribution >= 0.6 is 11.3 Å². The molecule has 0 atom stereocenters. The van der Waals surface area contributed by atoms with Crippen LogP contribution in [0.3, 0.4) is 0 Å². The topological polar surface area (TPSA) is 24.9 Å². The number of hydrogen-bond acceptors (Lipinski definition) is 3. The van der Waals surface area contributed by atoms with Gasteiger partial charge in [-0.2, -0.15) is 0 Å². The first kappa shape index (κ1) is 9.79. The van der Waals surface area contributed by atoms with Crippen LogP contribution in [0.1, 0.15) is 31.4 Å². The number of thiazole rings is 1. The summed E-state index contributed by atoms with van der Waals surface area (Å²) in [5.41, 5.74) is 3.11. The van der Waals surface area contributed by atoms with Gasteiger partial charge in [-0.1, -0.05) is 0 Å². The Morgan fingerprint density at radius 2 is 2.07 bits per heavy atom. The van der Waals surface area contributed by atoms with Gasteiger partial charge in [0.15, 0.2) is 0 Å². The molecule has 2 fully saturated rings. The predicted octanol–water partition coefficient (Wildman–Crippen LogP) is 2.67. The first-order chi connectivity index (χ1) is 7.43. The normalized spacial score (nSPS) is 21.1. The number of nitrogens with one attached hydrogen (secondary N) is 1. The van der Waals surface area contributed by atoms with Crippen molar-refractivity contribution in [1.29, 1.82) is 0 Å². The highest BCUT2D eigenvalue weighted by Crippen LogP contribution is 2.48. The van der Waals surface area contributed by atoms with E-state index >= 15 is 0 Å². The first-order valence-corrected chi connectivity index (χ1v) is 6.95. The second kappa shape index (κ2) is 4.22. The van der Waals surface area contributed by atoms with Crippen LogP contribution in [0.5, 0.6) is 0 Å². The molecule has 0 spiro atoms. The van der Waals surface area contributed by atoms with Crippen molar-refractivity contribution in [3.8, 4) is 0 Å². The first-order valence-electron chi connectivity index (χ1n) is 6.01. The molecule has 0 radical (unpaired) electrons. The molecule has 2 saturated carbocycles. The average molecular weight is 222 g/mol. The zero-order valence-electron chi connectivity index (χ0n) is 8.98. The fraction of sp³-hybridized carbons (Fsp3) is 0.750. The smallest absolute Gasteiger partial charge is 0.0795 e. The zero-order chi connectivity index (χ0) is 10.1. The predicted molar refractivity (Wildman–Crippen MR) is 62.8 cm³/mol. The third-order valence-corrected chi connectivity index (χ3v) is 4.26.